The van der Waals surface area contributed by atoms with Gasteiger partial charge < -0.3 is 0 Å². The number of rotatable bonds is 3. The van der Waals surface area contributed by atoms with Crippen LogP contribution in [-0.2, 0) is 0 Å². The highest BCUT2D eigenvalue weighted by Crippen LogP contribution is 2.15. The summed E-state index contributed by atoms with van der Waals surface area (Å²) >= 11 is 2.64. The molecule has 0 aromatic heterocycles. The zero-order valence-electron chi connectivity index (χ0n) is 4.13. The molecule has 0 saturated carbocycles. The van der Waals surface area contributed by atoms with E-state index in [2.05, 4.69) is 15.9 Å². The van der Waals surface area contributed by atoms with E-state index in [9.17, 15) is 13.2 Å². The van der Waals surface area contributed by atoms with Crippen LogP contribution in [0.2, 0.25) is 0 Å². The van der Waals surface area contributed by atoms with Gasteiger partial charge in [-0.2, -0.15) is 0 Å². The van der Waals surface area contributed by atoms with Gasteiger partial charge in [-0.15, -0.1) is 0 Å². The summed E-state index contributed by atoms with van der Waals surface area (Å²) in [4.78, 5) is 0. The number of halogens is 4. The Labute approximate surface area is 54.2 Å². The van der Waals surface area contributed by atoms with Crippen LogP contribution in [0.15, 0.2) is 0 Å². The van der Waals surface area contributed by atoms with Crippen molar-refractivity contribution in [3.8, 4) is 0 Å². The molecule has 50 valence electrons. The molecule has 0 spiro atoms. The Morgan fingerprint density at radius 2 is 1.62 bits per heavy atom. The van der Waals surface area contributed by atoms with Crippen molar-refractivity contribution >= 4 is 15.9 Å². The van der Waals surface area contributed by atoms with Gasteiger partial charge in [0.05, 0.1) is 0 Å². The molecular weight excluding hydrogens is 185 g/mol. The molecule has 0 aromatic rings. The molecule has 0 unspecified atom stereocenters. The summed E-state index contributed by atoms with van der Waals surface area (Å²) in [5.41, 5.74) is -2.29. The summed E-state index contributed by atoms with van der Waals surface area (Å²) in [5.74, 6) is 0. The van der Waals surface area contributed by atoms with Crippen molar-refractivity contribution in [1.29, 1.82) is 0 Å². The molecule has 0 aliphatic rings. The summed E-state index contributed by atoms with van der Waals surface area (Å²) in [6, 6.07) is 0. The van der Waals surface area contributed by atoms with Crippen molar-refractivity contribution in [2.24, 2.45) is 0 Å². The van der Waals surface area contributed by atoms with Crippen LogP contribution in [0, 0.1) is 0 Å². The maximum Gasteiger partial charge on any atom is 0.176 e. The second kappa shape index (κ2) is 3.33. The van der Waals surface area contributed by atoms with Crippen molar-refractivity contribution < 1.29 is 13.2 Å². The fraction of sp³-hybridized carbons (Fsp3) is 1.00. The lowest BCUT2D eigenvalue weighted by Crippen LogP contribution is -2.30. The molecule has 0 amide bonds. The molecule has 0 radical (unpaired) electrons. The highest BCUT2D eigenvalue weighted by molar-refractivity contribution is 9.09. The predicted octanol–water partition coefficient (Wildman–Crippen LogP) is 2.03. The lowest BCUT2D eigenvalue weighted by molar-refractivity contribution is 0.112. The first kappa shape index (κ1) is 8.27. The Kier molecular flexibility index (Phi) is 3.44. The van der Waals surface area contributed by atoms with E-state index in [1.54, 1.807) is 0 Å². The maximum atomic E-state index is 12.2. The Hall–Kier alpha value is 0.270. The first-order valence-electron chi connectivity index (χ1n) is 2.05. The van der Waals surface area contributed by atoms with Gasteiger partial charge in [0.25, 0.3) is 0 Å². The summed E-state index contributed by atoms with van der Waals surface area (Å²) in [6.45, 7) is -2.54. The van der Waals surface area contributed by atoms with E-state index in [0.717, 1.165) is 0 Å². The second-order valence-corrected chi connectivity index (χ2v) is 2.11. The second-order valence-electron chi connectivity index (χ2n) is 1.55. The third-order valence-electron chi connectivity index (χ3n) is 0.718. The molecule has 8 heavy (non-hydrogen) atoms. The highest BCUT2D eigenvalue weighted by atomic mass is 79.9. The smallest absolute Gasteiger partial charge is 0.176 e. The highest BCUT2D eigenvalue weighted by Gasteiger charge is 2.28. The van der Waals surface area contributed by atoms with Crippen LogP contribution in [0.1, 0.15) is 0 Å². The van der Waals surface area contributed by atoms with Crippen LogP contribution in [0.3, 0.4) is 0 Å². The molecule has 0 N–H and O–H groups in total. The largest absolute Gasteiger partial charge is 0.247 e. The van der Waals surface area contributed by atoms with Crippen LogP contribution in [0.5, 0.6) is 0 Å². The molecular formula is C4H6BrF3. The van der Waals surface area contributed by atoms with E-state index in [-0.39, 0.29) is 5.33 Å². The van der Waals surface area contributed by atoms with Gasteiger partial charge in [-0.3, -0.25) is 0 Å². The summed E-state index contributed by atoms with van der Waals surface area (Å²) in [6.07, 6.45) is 0. The van der Waals surface area contributed by atoms with Gasteiger partial charge in [0.15, 0.2) is 5.67 Å². The Morgan fingerprint density at radius 1 is 1.25 bits per heavy atom. The molecule has 0 nitrogen and oxygen atoms in total. The quantitative estimate of drug-likeness (QED) is 0.598. The number of hydrogen-bond acceptors (Lipinski definition) is 0. The van der Waals surface area contributed by atoms with Crippen LogP contribution in [-0.4, -0.2) is 24.3 Å². The van der Waals surface area contributed by atoms with Gasteiger partial charge in [-0.25, -0.2) is 13.2 Å². The lowest BCUT2D eigenvalue weighted by Gasteiger charge is -2.12. The minimum absolute atomic E-state index is 0.285. The molecule has 0 saturated heterocycles. The van der Waals surface area contributed by atoms with Crippen LogP contribution < -0.4 is 0 Å². The van der Waals surface area contributed by atoms with E-state index < -0.39 is 19.0 Å². The van der Waals surface area contributed by atoms with Crippen molar-refractivity contribution in [1.82, 2.24) is 0 Å². The topological polar surface area (TPSA) is 0 Å². The Balaban J connectivity index is 3.58. The van der Waals surface area contributed by atoms with Gasteiger partial charge in [-0.05, 0) is 0 Å². The van der Waals surface area contributed by atoms with Crippen molar-refractivity contribution in [2.45, 2.75) is 5.67 Å². The Bertz CT molecular complexity index is 54.0. The minimum atomic E-state index is -2.29. The van der Waals surface area contributed by atoms with Crippen molar-refractivity contribution in [3.63, 3.8) is 0 Å². The first-order valence-corrected chi connectivity index (χ1v) is 3.17. The fourth-order valence-corrected chi connectivity index (χ4v) is 0.407. The summed E-state index contributed by atoms with van der Waals surface area (Å²) in [7, 11) is 0. The molecule has 0 bridgehead atoms. The van der Waals surface area contributed by atoms with Gasteiger partial charge in [0.1, 0.15) is 13.3 Å². The van der Waals surface area contributed by atoms with Crippen LogP contribution >= 0.6 is 15.9 Å². The standard InChI is InChI=1S/C4H6BrF3/c5-1-4(8,2-6)3-7/h1-3H2. The van der Waals surface area contributed by atoms with Gasteiger partial charge >= 0.3 is 0 Å². The molecule has 0 fully saturated rings. The fourth-order valence-electron chi connectivity index (χ4n) is 0.107. The molecule has 4 heteroatoms. The van der Waals surface area contributed by atoms with E-state index in [1.165, 1.54) is 0 Å². The minimum Gasteiger partial charge on any atom is -0.247 e. The molecule has 0 heterocycles. The van der Waals surface area contributed by atoms with E-state index in [1.807, 2.05) is 0 Å². The lowest BCUT2D eigenvalue weighted by atomic mass is 10.2. The third-order valence-corrected chi connectivity index (χ3v) is 1.72. The molecule has 0 atom stereocenters. The molecule has 0 aliphatic heterocycles. The summed E-state index contributed by atoms with van der Waals surface area (Å²) in [5, 5.41) is -0.285. The predicted molar refractivity (Wildman–Crippen MR) is 29.6 cm³/mol. The molecule has 0 aliphatic carbocycles. The third kappa shape index (κ3) is 2.03. The van der Waals surface area contributed by atoms with Crippen LogP contribution in [0.4, 0.5) is 13.2 Å². The maximum absolute atomic E-state index is 12.2. The van der Waals surface area contributed by atoms with Crippen molar-refractivity contribution in [3.05, 3.63) is 0 Å². The van der Waals surface area contributed by atoms with Crippen LogP contribution in [0.25, 0.3) is 0 Å². The number of alkyl halides is 4. The Morgan fingerprint density at radius 3 is 1.62 bits per heavy atom. The van der Waals surface area contributed by atoms with E-state index in [0.29, 0.717) is 0 Å². The van der Waals surface area contributed by atoms with E-state index >= 15 is 0 Å². The molecule has 0 rings (SSSR count). The molecule has 0 aromatic carbocycles. The van der Waals surface area contributed by atoms with Gasteiger partial charge in [0.2, 0.25) is 0 Å². The SMILES string of the molecule is FCC(F)(CF)CBr. The zero-order valence-corrected chi connectivity index (χ0v) is 5.72. The summed E-state index contributed by atoms with van der Waals surface area (Å²) < 4.78 is 35.0. The van der Waals surface area contributed by atoms with E-state index in [4.69, 9.17) is 0 Å². The average Bonchev–Trinajstić information content (AvgIpc) is 1.87. The zero-order chi connectivity index (χ0) is 6.62. The van der Waals surface area contributed by atoms with Gasteiger partial charge in [0, 0.05) is 5.33 Å². The number of hydrogen-bond donors (Lipinski definition) is 0. The normalized spacial score (nSPS) is 12.0. The van der Waals surface area contributed by atoms with Gasteiger partial charge in [-0.1, -0.05) is 15.9 Å². The average molecular weight is 191 g/mol. The monoisotopic (exact) mass is 190 g/mol. The van der Waals surface area contributed by atoms with Crippen molar-refractivity contribution in [2.75, 3.05) is 18.7 Å². The first-order chi connectivity index (χ1) is 3.68.